The minimum Gasteiger partial charge on any atom is -0.445 e. The lowest BCUT2D eigenvalue weighted by Gasteiger charge is -2.25. The average Bonchev–Trinajstić information content (AvgIpc) is 2.33. The maximum Gasteiger partial charge on any atom is 0.407 e. The van der Waals surface area contributed by atoms with Crippen LogP contribution in [-0.2, 0) is 11.3 Å². The summed E-state index contributed by atoms with van der Waals surface area (Å²) in [7, 11) is 0. The maximum atomic E-state index is 11.4. The number of aliphatic hydroxyl groups excluding tert-OH is 1. The number of aliphatic hydroxyl groups is 1. The number of carbonyl (C=O) groups is 1. The fourth-order valence-electron chi connectivity index (χ4n) is 1.26. The molecule has 0 aliphatic rings. The number of alkyl carbamates (subject to hydrolysis) is 1. The quantitative estimate of drug-likeness (QED) is 0.863. The van der Waals surface area contributed by atoms with Crippen molar-refractivity contribution in [3.63, 3.8) is 0 Å². The fraction of sp³-hybridized carbons (Fsp3) is 0.500. The molecule has 0 bridgehead atoms. The van der Waals surface area contributed by atoms with E-state index in [1.165, 1.54) is 0 Å². The Labute approximate surface area is 108 Å². The monoisotopic (exact) mass is 251 g/mol. The van der Waals surface area contributed by atoms with Crippen LogP contribution in [0.4, 0.5) is 4.79 Å². The van der Waals surface area contributed by atoms with Gasteiger partial charge in [-0.15, -0.1) is 0 Å². The Morgan fingerprint density at radius 3 is 2.50 bits per heavy atom. The van der Waals surface area contributed by atoms with Gasteiger partial charge in [0, 0.05) is 6.54 Å². The highest BCUT2D eigenvalue weighted by atomic mass is 16.5. The van der Waals surface area contributed by atoms with Gasteiger partial charge in [-0.3, -0.25) is 0 Å². The molecule has 0 unspecified atom stereocenters. The second-order valence-corrected chi connectivity index (χ2v) is 5.32. The maximum absolute atomic E-state index is 11.4. The Morgan fingerprint density at radius 1 is 1.33 bits per heavy atom. The van der Waals surface area contributed by atoms with Crippen LogP contribution in [0.15, 0.2) is 30.3 Å². The normalized spacial score (nSPS) is 12.9. The molecule has 2 N–H and O–H groups in total. The summed E-state index contributed by atoms with van der Waals surface area (Å²) in [5.41, 5.74) is 0.677. The molecule has 1 aromatic rings. The highest BCUT2D eigenvalue weighted by Gasteiger charge is 2.22. The second kappa shape index (κ2) is 6.40. The minimum absolute atomic E-state index is 0.192. The van der Waals surface area contributed by atoms with E-state index >= 15 is 0 Å². The standard InChI is InChI=1S/C14H21NO3/c1-14(2,3)12(16)9-15-13(17)18-10-11-7-5-4-6-8-11/h4-8,12,16H,9-10H2,1-3H3,(H,15,17)/t12-/m0/s1. The van der Waals surface area contributed by atoms with E-state index in [-0.39, 0.29) is 18.6 Å². The third-order valence-electron chi connectivity index (χ3n) is 2.65. The van der Waals surface area contributed by atoms with Gasteiger partial charge in [-0.25, -0.2) is 4.79 Å². The molecule has 0 fully saturated rings. The predicted molar refractivity (Wildman–Crippen MR) is 70.1 cm³/mol. The van der Waals surface area contributed by atoms with Crippen molar-refractivity contribution in [3.8, 4) is 0 Å². The van der Waals surface area contributed by atoms with Gasteiger partial charge in [0.1, 0.15) is 6.61 Å². The summed E-state index contributed by atoms with van der Waals surface area (Å²) in [6.07, 6.45) is -1.11. The van der Waals surface area contributed by atoms with Crippen molar-refractivity contribution in [1.29, 1.82) is 0 Å². The molecule has 18 heavy (non-hydrogen) atoms. The van der Waals surface area contributed by atoms with Gasteiger partial charge in [0.05, 0.1) is 6.10 Å². The van der Waals surface area contributed by atoms with Gasteiger partial charge < -0.3 is 15.2 Å². The Kier molecular flexibility index (Phi) is 5.16. The van der Waals surface area contributed by atoms with Crippen molar-refractivity contribution < 1.29 is 14.6 Å². The molecule has 0 saturated heterocycles. The molecule has 100 valence electrons. The van der Waals surface area contributed by atoms with Crippen LogP contribution in [-0.4, -0.2) is 23.8 Å². The van der Waals surface area contributed by atoms with Crippen LogP contribution in [0.2, 0.25) is 0 Å². The SMILES string of the molecule is CC(C)(C)[C@@H](O)CNC(=O)OCc1ccccc1. The van der Waals surface area contributed by atoms with Crippen LogP contribution in [0, 0.1) is 5.41 Å². The van der Waals surface area contributed by atoms with Crippen LogP contribution < -0.4 is 5.32 Å². The Balaban J connectivity index is 2.27. The molecule has 4 nitrogen and oxygen atoms in total. The third kappa shape index (κ3) is 5.19. The third-order valence-corrected chi connectivity index (χ3v) is 2.65. The van der Waals surface area contributed by atoms with E-state index in [1.54, 1.807) is 0 Å². The van der Waals surface area contributed by atoms with Crippen LogP contribution in [0.5, 0.6) is 0 Å². The summed E-state index contributed by atoms with van der Waals surface area (Å²) in [4.78, 5) is 11.4. The fourth-order valence-corrected chi connectivity index (χ4v) is 1.26. The van der Waals surface area contributed by atoms with Gasteiger partial charge in [-0.05, 0) is 11.0 Å². The van der Waals surface area contributed by atoms with Crippen molar-refractivity contribution in [2.24, 2.45) is 5.41 Å². The summed E-state index contributed by atoms with van der Waals surface area (Å²) in [6.45, 7) is 6.16. The molecule has 0 aliphatic carbocycles. The molecular formula is C14H21NO3. The Hall–Kier alpha value is -1.55. The smallest absolute Gasteiger partial charge is 0.407 e. The molecule has 0 heterocycles. The van der Waals surface area contributed by atoms with Crippen LogP contribution >= 0.6 is 0 Å². The minimum atomic E-state index is -0.596. The molecule has 0 radical (unpaired) electrons. The van der Waals surface area contributed by atoms with E-state index in [9.17, 15) is 9.90 Å². The van der Waals surface area contributed by atoms with E-state index in [0.717, 1.165) is 5.56 Å². The number of amides is 1. The van der Waals surface area contributed by atoms with Gasteiger partial charge in [0.2, 0.25) is 0 Å². The van der Waals surface area contributed by atoms with Gasteiger partial charge >= 0.3 is 6.09 Å². The lowest BCUT2D eigenvalue weighted by molar-refractivity contribution is 0.0594. The first kappa shape index (κ1) is 14.5. The van der Waals surface area contributed by atoms with Crippen LogP contribution in [0.25, 0.3) is 0 Å². The van der Waals surface area contributed by atoms with E-state index in [0.29, 0.717) is 0 Å². The molecule has 1 aromatic carbocycles. The first-order chi connectivity index (χ1) is 8.39. The number of rotatable bonds is 4. The lowest BCUT2D eigenvalue weighted by Crippen LogP contribution is -2.39. The zero-order valence-electron chi connectivity index (χ0n) is 11.1. The summed E-state index contributed by atoms with van der Waals surface area (Å²) >= 11 is 0. The van der Waals surface area contributed by atoms with Crippen molar-refractivity contribution in [2.75, 3.05) is 6.54 Å². The molecule has 1 rings (SSSR count). The molecule has 0 saturated carbocycles. The first-order valence-corrected chi connectivity index (χ1v) is 6.02. The van der Waals surface area contributed by atoms with E-state index in [1.807, 2.05) is 51.1 Å². The van der Waals surface area contributed by atoms with Crippen molar-refractivity contribution >= 4 is 6.09 Å². The van der Waals surface area contributed by atoms with Crippen molar-refractivity contribution in [1.82, 2.24) is 5.32 Å². The number of benzene rings is 1. The molecule has 0 spiro atoms. The van der Waals surface area contributed by atoms with E-state index < -0.39 is 12.2 Å². The summed E-state index contributed by atoms with van der Waals surface area (Å²) in [6, 6.07) is 9.46. The van der Waals surface area contributed by atoms with Crippen LogP contribution in [0.3, 0.4) is 0 Å². The van der Waals surface area contributed by atoms with Crippen molar-refractivity contribution in [3.05, 3.63) is 35.9 Å². The molecule has 1 amide bonds. The molecule has 0 aliphatic heterocycles. The number of hydrogen-bond acceptors (Lipinski definition) is 3. The molecule has 1 atom stereocenters. The summed E-state index contributed by atoms with van der Waals surface area (Å²) in [5.74, 6) is 0. The van der Waals surface area contributed by atoms with Gasteiger partial charge in [-0.2, -0.15) is 0 Å². The summed E-state index contributed by atoms with van der Waals surface area (Å²) < 4.78 is 5.03. The number of carbonyl (C=O) groups excluding carboxylic acids is 1. The Bertz CT molecular complexity index is 370. The topological polar surface area (TPSA) is 58.6 Å². The highest BCUT2D eigenvalue weighted by Crippen LogP contribution is 2.18. The second-order valence-electron chi connectivity index (χ2n) is 5.32. The van der Waals surface area contributed by atoms with Gasteiger partial charge in [-0.1, -0.05) is 51.1 Å². The highest BCUT2D eigenvalue weighted by molar-refractivity contribution is 5.67. The lowest BCUT2D eigenvalue weighted by atomic mass is 9.89. The molecular weight excluding hydrogens is 230 g/mol. The Morgan fingerprint density at radius 2 is 1.94 bits per heavy atom. The van der Waals surface area contributed by atoms with Gasteiger partial charge in [0.25, 0.3) is 0 Å². The molecule has 4 heteroatoms. The van der Waals surface area contributed by atoms with E-state index in [4.69, 9.17) is 4.74 Å². The first-order valence-electron chi connectivity index (χ1n) is 6.02. The van der Waals surface area contributed by atoms with Crippen LogP contribution in [0.1, 0.15) is 26.3 Å². The zero-order chi connectivity index (χ0) is 13.6. The number of nitrogens with one attached hydrogen (secondary N) is 1. The predicted octanol–water partition coefficient (Wildman–Crippen LogP) is 2.32. The van der Waals surface area contributed by atoms with Gasteiger partial charge in [0.15, 0.2) is 0 Å². The van der Waals surface area contributed by atoms with Crippen molar-refractivity contribution in [2.45, 2.75) is 33.5 Å². The average molecular weight is 251 g/mol. The number of ether oxygens (including phenoxy) is 1. The summed E-state index contributed by atoms with van der Waals surface area (Å²) in [5, 5.41) is 12.3. The zero-order valence-corrected chi connectivity index (χ0v) is 11.1. The van der Waals surface area contributed by atoms with E-state index in [2.05, 4.69) is 5.32 Å². The number of hydrogen-bond donors (Lipinski definition) is 2. The largest absolute Gasteiger partial charge is 0.445 e. The molecule has 0 aromatic heterocycles.